The van der Waals surface area contributed by atoms with Gasteiger partial charge in [0.05, 0.1) is 10.7 Å². The molecule has 7 nitrogen and oxygen atoms in total. The summed E-state index contributed by atoms with van der Waals surface area (Å²) in [4.78, 5) is 38.6. The number of fused-ring (bicyclic) bond motifs is 2. The first-order valence-corrected chi connectivity index (χ1v) is 11.2. The summed E-state index contributed by atoms with van der Waals surface area (Å²) in [6.07, 6.45) is 0. The van der Waals surface area contributed by atoms with E-state index in [-0.39, 0.29) is 17.4 Å². The third-order valence-electron chi connectivity index (χ3n) is 5.82. The van der Waals surface area contributed by atoms with Crippen molar-refractivity contribution < 1.29 is 14.4 Å². The van der Waals surface area contributed by atoms with Gasteiger partial charge in [0.15, 0.2) is 0 Å². The molecule has 0 saturated heterocycles. The topological polar surface area (TPSA) is 100 Å². The Bertz CT molecular complexity index is 1440. The maximum Gasteiger partial charge on any atom is 0.276 e. The Hall–Kier alpha value is -4.04. The van der Waals surface area contributed by atoms with Crippen LogP contribution in [0.15, 0.2) is 60.7 Å². The number of rotatable bonds is 4. The van der Waals surface area contributed by atoms with E-state index in [0.29, 0.717) is 22.5 Å². The van der Waals surface area contributed by atoms with Crippen LogP contribution < -0.4 is 16.0 Å². The number of aryl methyl sites for hydroxylation is 1. The highest BCUT2D eigenvalue weighted by molar-refractivity contribution is 7.13. The van der Waals surface area contributed by atoms with Crippen molar-refractivity contribution in [1.82, 2.24) is 15.0 Å². The predicted octanol–water partition coefficient (Wildman–Crippen LogP) is 4.05. The van der Waals surface area contributed by atoms with Crippen LogP contribution in [0.25, 0.3) is 10.1 Å². The molecule has 164 valence electrons. The SMILES string of the molecule is CNC(=O)c1cc(NC(=O)c2nsc3ccccc23)c2c(c1)C(=O)N[C@@H]2c1ccccc1C. The Kier molecular flexibility index (Phi) is 5.14. The molecule has 0 saturated carbocycles. The summed E-state index contributed by atoms with van der Waals surface area (Å²) in [6, 6.07) is 18.0. The molecular formula is C25H20N4O3S. The summed E-state index contributed by atoms with van der Waals surface area (Å²) in [6.45, 7) is 1.97. The van der Waals surface area contributed by atoms with E-state index in [1.54, 1.807) is 12.1 Å². The van der Waals surface area contributed by atoms with Gasteiger partial charge in [-0.2, -0.15) is 4.37 Å². The highest BCUT2D eigenvalue weighted by Gasteiger charge is 2.35. The molecule has 2 heterocycles. The van der Waals surface area contributed by atoms with Crippen LogP contribution in [-0.4, -0.2) is 29.1 Å². The fourth-order valence-electron chi connectivity index (χ4n) is 4.19. The molecule has 0 aliphatic carbocycles. The highest BCUT2D eigenvalue weighted by atomic mass is 32.1. The van der Waals surface area contributed by atoms with Gasteiger partial charge in [-0.05, 0) is 47.8 Å². The Balaban J connectivity index is 1.64. The van der Waals surface area contributed by atoms with E-state index in [1.807, 2.05) is 55.5 Å². The molecule has 8 heteroatoms. The lowest BCUT2D eigenvalue weighted by Gasteiger charge is -2.19. The van der Waals surface area contributed by atoms with Gasteiger partial charge in [0, 0.05) is 34.8 Å². The average molecular weight is 457 g/mol. The maximum atomic E-state index is 13.3. The Labute approximate surface area is 194 Å². The van der Waals surface area contributed by atoms with Crippen molar-refractivity contribution in [3.05, 3.63) is 94.2 Å². The van der Waals surface area contributed by atoms with Crippen molar-refractivity contribution in [3.63, 3.8) is 0 Å². The summed E-state index contributed by atoms with van der Waals surface area (Å²) < 4.78 is 5.24. The zero-order valence-electron chi connectivity index (χ0n) is 17.9. The molecule has 0 spiro atoms. The van der Waals surface area contributed by atoms with E-state index in [4.69, 9.17) is 0 Å². The number of aromatic nitrogens is 1. The Morgan fingerprint density at radius 3 is 2.58 bits per heavy atom. The molecule has 4 aromatic rings. The van der Waals surface area contributed by atoms with Gasteiger partial charge >= 0.3 is 0 Å². The monoisotopic (exact) mass is 456 g/mol. The minimum absolute atomic E-state index is 0.287. The second-order valence-corrected chi connectivity index (χ2v) is 8.61. The third-order valence-corrected chi connectivity index (χ3v) is 6.64. The second kappa shape index (κ2) is 8.14. The van der Waals surface area contributed by atoms with Crippen LogP contribution >= 0.6 is 11.5 Å². The molecule has 3 amide bonds. The third kappa shape index (κ3) is 3.54. The van der Waals surface area contributed by atoms with Crippen molar-refractivity contribution >= 4 is 45.0 Å². The van der Waals surface area contributed by atoms with Gasteiger partial charge in [-0.25, -0.2) is 0 Å². The molecule has 1 aliphatic heterocycles. The molecule has 5 rings (SSSR count). The molecule has 0 unspecified atom stereocenters. The molecule has 1 aromatic heterocycles. The van der Waals surface area contributed by atoms with Crippen LogP contribution in [0.2, 0.25) is 0 Å². The first kappa shape index (κ1) is 20.8. The van der Waals surface area contributed by atoms with E-state index in [2.05, 4.69) is 20.3 Å². The van der Waals surface area contributed by atoms with Crippen molar-refractivity contribution in [2.75, 3.05) is 12.4 Å². The van der Waals surface area contributed by atoms with Crippen molar-refractivity contribution in [2.24, 2.45) is 0 Å². The molecule has 0 bridgehead atoms. The number of hydrogen-bond donors (Lipinski definition) is 3. The molecule has 1 atom stereocenters. The van der Waals surface area contributed by atoms with Gasteiger partial charge < -0.3 is 16.0 Å². The number of nitrogens with one attached hydrogen (secondary N) is 3. The zero-order chi connectivity index (χ0) is 23.1. The van der Waals surface area contributed by atoms with E-state index >= 15 is 0 Å². The zero-order valence-corrected chi connectivity index (χ0v) is 18.7. The van der Waals surface area contributed by atoms with E-state index in [9.17, 15) is 14.4 Å². The minimum Gasteiger partial charge on any atom is -0.355 e. The van der Waals surface area contributed by atoms with Crippen molar-refractivity contribution in [3.8, 4) is 0 Å². The standard InChI is InChI=1S/C25H20N4O3S/c1-13-7-3-4-8-15(13)21-20-17(24(31)28-21)11-14(23(30)26-2)12-18(20)27-25(32)22-16-9-5-6-10-19(16)33-29-22/h3-12,21H,1-2H3,(H,26,30)(H,27,32)(H,28,31)/t21-/m1/s1. The number of carbonyl (C=O) groups is 3. The molecule has 33 heavy (non-hydrogen) atoms. The summed E-state index contributed by atoms with van der Waals surface area (Å²) in [5, 5.41) is 9.26. The highest BCUT2D eigenvalue weighted by Crippen LogP contribution is 2.39. The fraction of sp³-hybridized carbons (Fsp3) is 0.120. The normalized spacial score (nSPS) is 14.6. The van der Waals surface area contributed by atoms with Crippen LogP contribution in [-0.2, 0) is 0 Å². The summed E-state index contributed by atoms with van der Waals surface area (Å²) in [5.41, 5.74) is 3.92. The molecule has 3 aromatic carbocycles. The van der Waals surface area contributed by atoms with Crippen molar-refractivity contribution in [2.45, 2.75) is 13.0 Å². The first-order valence-electron chi connectivity index (χ1n) is 10.4. The van der Waals surface area contributed by atoms with Crippen LogP contribution in [0.1, 0.15) is 53.9 Å². The van der Waals surface area contributed by atoms with Crippen LogP contribution in [0.5, 0.6) is 0 Å². The number of anilines is 1. The van der Waals surface area contributed by atoms with E-state index in [1.165, 1.54) is 18.6 Å². The summed E-state index contributed by atoms with van der Waals surface area (Å²) in [7, 11) is 1.52. The molecule has 0 fully saturated rings. The second-order valence-electron chi connectivity index (χ2n) is 7.81. The van der Waals surface area contributed by atoms with Crippen LogP contribution in [0, 0.1) is 6.92 Å². The smallest absolute Gasteiger partial charge is 0.276 e. The van der Waals surface area contributed by atoms with Crippen molar-refractivity contribution in [1.29, 1.82) is 0 Å². The van der Waals surface area contributed by atoms with Gasteiger partial charge in [0.1, 0.15) is 5.69 Å². The lowest BCUT2D eigenvalue weighted by Crippen LogP contribution is -2.21. The molecule has 0 radical (unpaired) electrons. The first-order chi connectivity index (χ1) is 16.0. The Morgan fingerprint density at radius 2 is 1.79 bits per heavy atom. The summed E-state index contributed by atoms with van der Waals surface area (Å²) in [5.74, 6) is -1.04. The fourth-order valence-corrected chi connectivity index (χ4v) is 4.96. The molecule has 1 aliphatic rings. The lowest BCUT2D eigenvalue weighted by atomic mass is 9.92. The quantitative estimate of drug-likeness (QED) is 0.431. The van der Waals surface area contributed by atoms with E-state index < -0.39 is 11.9 Å². The number of nitrogens with zero attached hydrogens (tertiary/aromatic N) is 1. The molecular weight excluding hydrogens is 436 g/mol. The average Bonchev–Trinajstić information content (AvgIpc) is 3.40. The number of amides is 3. The largest absolute Gasteiger partial charge is 0.355 e. The number of hydrogen-bond acceptors (Lipinski definition) is 5. The number of carbonyl (C=O) groups excluding carboxylic acids is 3. The lowest BCUT2D eigenvalue weighted by molar-refractivity contribution is 0.0959. The van der Waals surface area contributed by atoms with Gasteiger partial charge in [0.2, 0.25) is 0 Å². The van der Waals surface area contributed by atoms with Crippen LogP contribution in [0.3, 0.4) is 0 Å². The van der Waals surface area contributed by atoms with Gasteiger partial charge in [-0.1, -0.05) is 42.5 Å². The van der Waals surface area contributed by atoms with Gasteiger partial charge in [-0.15, -0.1) is 0 Å². The number of benzene rings is 3. The maximum absolute atomic E-state index is 13.3. The summed E-state index contributed by atoms with van der Waals surface area (Å²) >= 11 is 1.25. The Morgan fingerprint density at radius 1 is 1.03 bits per heavy atom. The minimum atomic E-state index is -0.449. The van der Waals surface area contributed by atoms with Gasteiger partial charge in [-0.3, -0.25) is 14.4 Å². The predicted molar refractivity (Wildman–Crippen MR) is 128 cm³/mol. The molecule has 3 N–H and O–H groups in total. The van der Waals surface area contributed by atoms with Gasteiger partial charge in [0.25, 0.3) is 17.7 Å². The van der Waals surface area contributed by atoms with E-state index in [0.717, 1.165) is 21.2 Å². The van der Waals surface area contributed by atoms with Crippen LogP contribution in [0.4, 0.5) is 5.69 Å².